The Balaban J connectivity index is 2.26. The summed E-state index contributed by atoms with van der Waals surface area (Å²) in [5.41, 5.74) is 5.46. The van der Waals surface area contributed by atoms with E-state index >= 15 is 0 Å². The average molecular weight is 257 g/mol. The van der Waals surface area contributed by atoms with Crippen molar-refractivity contribution in [3.05, 3.63) is 41.2 Å². The minimum Gasteiger partial charge on any atom is -0.350 e. The molecule has 0 saturated carbocycles. The summed E-state index contributed by atoms with van der Waals surface area (Å²) in [6.07, 6.45) is 0. The number of benzene rings is 1. The van der Waals surface area contributed by atoms with Crippen molar-refractivity contribution in [2.24, 2.45) is 0 Å². The smallest absolute Gasteiger partial charge is 0.217 e. The van der Waals surface area contributed by atoms with Crippen LogP contribution in [0.15, 0.2) is 24.3 Å². The number of hydrogen-bond acceptors (Lipinski definition) is 2. The van der Waals surface area contributed by atoms with Gasteiger partial charge in [0.1, 0.15) is 0 Å². The molecule has 0 aliphatic heterocycles. The zero-order valence-electron chi connectivity index (χ0n) is 11.7. The van der Waals surface area contributed by atoms with Gasteiger partial charge >= 0.3 is 0 Å². The van der Waals surface area contributed by atoms with E-state index < -0.39 is 0 Å². The van der Waals surface area contributed by atoms with E-state index in [-0.39, 0.29) is 11.9 Å². The molecule has 0 radical (unpaired) electrons. The van der Waals surface area contributed by atoms with Crippen LogP contribution in [0.1, 0.15) is 36.8 Å². The van der Waals surface area contributed by atoms with E-state index in [1.807, 2.05) is 32.9 Å². The van der Waals surface area contributed by atoms with Crippen LogP contribution in [-0.4, -0.2) is 16.1 Å². The summed E-state index contributed by atoms with van der Waals surface area (Å²) in [6, 6.07) is 8.25. The minimum atomic E-state index is -0.0156. The maximum atomic E-state index is 11.0. The number of hydrogen-bond donors (Lipinski definition) is 2. The molecule has 1 heterocycles. The maximum absolute atomic E-state index is 11.0. The van der Waals surface area contributed by atoms with Crippen LogP contribution in [0.2, 0.25) is 0 Å². The maximum Gasteiger partial charge on any atom is 0.217 e. The fourth-order valence-electron chi connectivity index (χ4n) is 2.30. The number of rotatable bonds is 3. The predicted octanol–water partition coefficient (Wildman–Crippen LogP) is 2.89. The number of carbonyl (C=O) groups excluding carboxylic acids is 1. The number of aromatic nitrogens is 2. The Hall–Kier alpha value is -2.10. The molecule has 1 amide bonds. The third-order valence-electron chi connectivity index (χ3n) is 3.25. The highest BCUT2D eigenvalue weighted by Gasteiger charge is 2.10. The number of carbonyl (C=O) groups is 1. The monoisotopic (exact) mass is 257 g/mol. The Morgan fingerprint density at radius 3 is 2.37 bits per heavy atom. The highest BCUT2D eigenvalue weighted by atomic mass is 16.1. The van der Waals surface area contributed by atoms with Gasteiger partial charge in [0.05, 0.1) is 11.7 Å². The van der Waals surface area contributed by atoms with Crippen LogP contribution in [0.25, 0.3) is 11.1 Å². The lowest BCUT2D eigenvalue weighted by Gasteiger charge is -2.13. The topological polar surface area (TPSA) is 57.8 Å². The highest BCUT2D eigenvalue weighted by Crippen LogP contribution is 2.26. The minimum absolute atomic E-state index is 0.0156. The Morgan fingerprint density at radius 1 is 1.26 bits per heavy atom. The molecule has 0 bridgehead atoms. The van der Waals surface area contributed by atoms with Crippen molar-refractivity contribution in [3.63, 3.8) is 0 Å². The molecule has 19 heavy (non-hydrogen) atoms. The molecule has 0 aliphatic rings. The van der Waals surface area contributed by atoms with Gasteiger partial charge in [-0.25, -0.2) is 0 Å². The molecule has 0 unspecified atom stereocenters. The van der Waals surface area contributed by atoms with Gasteiger partial charge in [-0.05, 0) is 31.9 Å². The third-order valence-corrected chi connectivity index (χ3v) is 3.25. The quantitative estimate of drug-likeness (QED) is 0.888. The summed E-state index contributed by atoms with van der Waals surface area (Å²) in [6.45, 7) is 7.52. The van der Waals surface area contributed by atoms with Crippen molar-refractivity contribution in [3.8, 4) is 11.1 Å². The van der Waals surface area contributed by atoms with Crippen LogP contribution in [-0.2, 0) is 4.79 Å². The number of aromatic amines is 1. The second-order valence-corrected chi connectivity index (χ2v) is 4.85. The zero-order valence-corrected chi connectivity index (χ0v) is 11.7. The highest BCUT2D eigenvalue weighted by molar-refractivity contribution is 5.73. The number of amides is 1. The molecule has 0 spiro atoms. The van der Waals surface area contributed by atoms with Crippen LogP contribution in [0.4, 0.5) is 0 Å². The molecular formula is C15H19N3O. The molecule has 0 fully saturated rings. The Labute approximate surface area is 113 Å². The first-order valence-corrected chi connectivity index (χ1v) is 6.38. The zero-order chi connectivity index (χ0) is 14.0. The van der Waals surface area contributed by atoms with Crippen LogP contribution >= 0.6 is 0 Å². The van der Waals surface area contributed by atoms with Gasteiger partial charge in [-0.15, -0.1) is 0 Å². The second-order valence-electron chi connectivity index (χ2n) is 4.85. The molecule has 100 valence electrons. The van der Waals surface area contributed by atoms with Crippen molar-refractivity contribution < 1.29 is 4.79 Å². The summed E-state index contributed by atoms with van der Waals surface area (Å²) in [4.78, 5) is 11.0. The molecule has 2 rings (SSSR count). The van der Waals surface area contributed by atoms with Crippen molar-refractivity contribution in [2.75, 3.05) is 0 Å². The van der Waals surface area contributed by atoms with Gasteiger partial charge in [0, 0.05) is 18.2 Å². The number of aryl methyl sites for hydroxylation is 2. The molecule has 1 aromatic carbocycles. The summed E-state index contributed by atoms with van der Waals surface area (Å²) in [5.74, 6) is -0.0156. The lowest BCUT2D eigenvalue weighted by atomic mass is 10.00. The second kappa shape index (κ2) is 5.26. The fourth-order valence-corrected chi connectivity index (χ4v) is 2.30. The van der Waals surface area contributed by atoms with E-state index in [0.29, 0.717) is 0 Å². The third kappa shape index (κ3) is 2.84. The first-order chi connectivity index (χ1) is 8.99. The number of nitrogens with one attached hydrogen (secondary N) is 2. The van der Waals surface area contributed by atoms with E-state index in [4.69, 9.17) is 0 Å². The van der Waals surface area contributed by atoms with Crippen LogP contribution in [0.5, 0.6) is 0 Å². The van der Waals surface area contributed by atoms with E-state index in [1.54, 1.807) is 0 Å². The van der Waals surface area contributed by atoms with E-state index in [2.05, 4.69) is 27.6 Å². The van der Waals surface area contributed by atoms with Gasteiger partial charge in [-0.1, -0.05) is 24.3 Å². The van der Waals surface area contributed by atoms with Crippen LogP contribution in [0.3, 0.4) is 0 Å². The normalized spacial score (nSPS) is 12.2. The SMILES string of the molecule is CC(=O)N[C@@H](C)c1ccc(-c2c(C)n[nH]c2C)cc1. The fraction of sp³-hybridized carbons (Fsp3) is 0.333. The largest absolute Gasteiger partial charge is 0.350 e. The molecular weight excluding hydrogens is 238 g/mol. The Bertz CT molecular complexity index is 564. The number of H-pyrrole nitrogens is 1. The first-order valence-electron chi connectivity index (χ1n) is 6.38. The van der Waals surface area contributed by atoms with Crippen molar-refractivity contribution >= 4 is 5.91 Å². The van der Waals surface area contributed by atoms with Gasteiger partial charge in [-0.3, -0.25) is 9.89 Å². The van der Waals surface area contributed by atoms with E-state index in [1.165, 1.54) is 6.92 Å². The molecule has 0 saturated heterocycles. The van der Waals surface area contributed by atoms with Crippen LogP contribution < -0.4 is 5.32 Å². The van der Waals surface area contributed by atoms with Crippen molar-refractivity contribution in [1.82, 2.24) is 15.5 Å². The van der Waals surface area contributed by atoms with Crippen LogP contribution in [0, 0.1) is 13.8 Å². The lowest BCUT2D eigenvalue weighted by Crippen LogP contribution is -2.23. The van der Waals surface area contributed by atoms with Gasteiger partial charge in [0.15, 0.2) is 0 Å². The summed E-state index contributed by atoms with van der Waals surface area (Å²) >= 11 is 0. The lowest BCUT2D eigenvalue weighted by molar-refractivity contribution is -0.119. The molecule has 2 N–H and O–H groups in total. The summed E-state index contributed by atoms with van der Waals surface area (Å²) in [7, 11) is 0. The van der Waals surface area contributed by atoms with Gasteiger partial charge < -0.3 is 5.32 Å². The molecule has 0 aliphatic carbocycles. The standard InChI is InChI=1S/C15H19N3O/c1-9(16-12(4)19)13-5-7-14(8-6-13)15-10(2)17-18-11(15)3/h5-9H,1-4H3,(H,16,19)(H,17,18)/t9-/m0/s1. The average Bonchev–Trinajstić information content (AvgIpc) is 2.68. The number of nitrogens with zero attached hydrogens (tertiary/aromatic N) is 1. The molecule has 2 aromatic rings. The van der Waals surface area contributed by atoms with E-state index in [9.17, 15) is 4.79 Å². The summed E-state index contributed by atoms with van der Waals surface area (Å²) in [5, 5.41) is 10.1. The Morgan fingerprint density at radius 2 is 1.89 bits per heavy atom. The molecule has 4 heteroatoms. The molecule has 1 atom stereocenters. The Kier molecular flexibility index (Phi) is 3.69. The molecule has 4 nitrogen and oxygen atoms in total. The van der Waals surface area contributed by atoms with Crippen molar-refractivity contribution in [2.45, 2.75) is 33.7 Å². The molecule has 1 aromatic heterocycles. The van der Waals surface area contributed by atoms with Gasteiger partial charge in [0.2, 0.25) is 5.91 Å². The van der Waals surface area contributed by atoms with E-state index in [0.717, 1.165) is 28.1 Å². The first kappa shape index (κ1) is 13.3. The van der Waals surface area contributed by atoms with Gasteiger partial charge in [-0.2, -0.15) is 5.10 Å². The van der Waals surface area contributed by atoms with Gasteiger partial charge in [0.25, 0.3) is 0 Å². The summed E-state index contributed by atoms with van der Waals surface area (Å²) < 4.78 is 0. The predicted molar refractivity (Wildman–Crippen MR) is 75.7 cm³/mol. The van der Waals surface area contributed by atoms with Crippen molar-refractivity contribution in [1.29, 1.82) is 0 Å².